The van der Waals surface area contributed by atoms with Gasteiger partial charge in [-0.3, -0.25) is 4.79 Å². The van der Waals surface area contributed by atoms with Crippen molar-refractivity contribution in [3.8, 4) is 11.5 Å². The zero-order valence-corrected chi connectivity index (χ0v) is 17.6. The Hall–Kier alpha value is -3.02. The molecule has 1 N–H and O–H groups in total. The number of hydrazone groups is 1. The Morgan fingerprint density at radius 1 is 0.966 bits per heavy atom. The van der Waals surface area contributed by atoms with Crippen LogP contribution >= 0.6 is 0 Å². The third kappa shape index (κ3) is 7.49. The quantitative estimate of drug-likeness (QED) is 0.430. The lowest BCUT2D eigenvalue weighted by Gasteiger charge is -2.23. The molecule has 0 atom stereocenters. The van der Waals surface area contributed by atoms with Crippen LogP contribution in [0.1, 0.15) is 39.2 Å². The van der Waals surface area contributed by atoms with Gasteiger partial charge in [-0.1, -0.05) is 38.1 Å². The fraction of sp³-hybridized carbons (Fsp3) is 0.391. The van der Waals surface area contributed by atoms with Crippen LogP contribution in [0.2, 0.25) is 0 Å². The number of ether oxygens (including phenoxy) is 2. The number of carbonyl (C=O) groups is 1. The smallest absolute Gasteiger partial charge is 0.277 e. The van der Waals surface area contributed by atoms with Gasteiger partial charge in [-0.2, -0.15) is 5.10 Å². The summed E-state index contributed by atoms with van der Waals surface area (Å²) in [6.07, 6.45) is 3.86. The van der Waals surface area contributed by atoms with E-state index < -0.39 is 0 Å². The largest absolute Gasteiger partial charge is 0.490 e. The van der Waals surface area contributed by atoms with E-state index in [0.717, 1.165) is 31.5 Å². The predicted octanol–water partition coefficient (Wildman–Crippen LogP) is 4.24. The molecule has 29 heavy (non-hydrogen) atoms. The predicted molar refractivity (Wildman–Crippen MR) is 118 cm³/mol. The summed E-state index contributed by atoms with van der Waals surface area (Å²) in [5.74, 6) is 0.820. The highest BCUT2D eigenvalue weighted by Crippen LogP contribution is 2.26. The van der Waals surface area contributed by atoms with Crippen LogP contribution in [0.5, 0.6) is 11.5 Å². The van der Waals surface area contributed by atoms with E-state index in [9.17, 15) is 4.79 Å². The Balaban J connectivity index is 1.84. The zero-order chi connectivity index (χ0) is 20.9. The lowest BCUT2D eigenvalue weighted by Crippen LogP contribution is -2.25. The Bertz CT molecular complexity index is 769. The number of carbonyl (C=O) groups excluding carboxylic acids is 1. The molecule has 0 fully saturated rings. The molecule has 0 unspecified atom stereocenters. The first kappa shape index (κ1) is 22.3. The third-order valence-corrected chi connectivity index (χ3v) is 4.16. The molecule has 2 aromatic carbocycles. The minimum absolute atomic E-state index is 0.136. The molecular weight excluding hydrogens is 366 g/mol. The summed E-state index contributed by atoms with van der Waals surface area (Å²) in [5, 5.41) is 4.01. The molecule has 1 amide bonds. The highest BCUT2D eigenvalue weighted by molar-refractivity contribution is 5.83. The maximum Gasteiger partial charge on any atom is 0.277 e. The van der Waals surface area contributed by atoms with Gasteiger partial charge in [0.15, 0.2) is 18.1 Å². The fourth-order valence-electron chi connectivity index (χ4n) is 2.88. The van der Waals surface area contributed by atoms with Crippen LogP contribution in [-0.2, 0) is 4.79 Å². The molecule has 0 spiro atoms. The van der Waals surface area contributed by atoms with E-state index in [1.165, 1.54) is 5.69 Å². The molecule has 0 aliphatic rings. The molecule has 6 heteroatoms. The van der Waals surface area contributed by atoms with E-state index >= 15 is 0 Å². The van der Waals surface area contributed by atoms with Crippen LogP contribution in [0, 0.1) is 0 Å². The molecular formula is C23H31N3O3. The molecule has 156 valence electrons. The summed E-state index contributed by atoms with van der Waals surface area (Å²) in [7, 11) is 0. The number of para-hydroxylation sites is 2. The van der Waals surface area contributed by atoms with Crippen LogP contribution < -0.4 is 19.8 Å². The zero-order valence-electron chi connectivity index (χ0n) is 17.6. The van der Waals surface area contributed by atoms with Crippen molar-refractivity contribution in [2.75, 3.05) is 31.2 Å². The second-order valence-electron chi connectivity index (χ2n) is 6.54. The van der Waals surface area contributed by atoms with Crippen molar-refractivity contribution in [1.29, 1.82) is 0 Å². The molecule has 0 heterocycles. The minimum atomic E-state index is -0.332. The Morgan fingerprint density at radius 2 is 1.59 bits per heavy atom. The number of benzene rings is 2. The van der Waals surface area contributed by atoms with Gasteiger partial charge in [0.25, 0.3) is 5.91 Å². The Kier molecular flexibility index (Phi) is 9.55. The van der Waals surface area contributed by atoms with E-state index in [4.69, 9.17) is 9.47 Å². The maximum absolute atomic E-state index is 12.0. The number of hydrogen-bond acceptors (Lipinski definition) is 5. The van der Waals surface area contributed by atoms with Crippen LogP contribution in [0.4, 0.5) is 5.69 Å². The van der Waals surface area contributed by atoms with E-state index in [1.807, 2.05) is 31.2 Å². The van der Waals surface area contributed by atoms with E-state index in [0.29, 0.717) is 18.1 Å². The topological polar surface area (TPSA) is 63.2 Å². The van der Waals surface area contributed by atoms with Gasteiger partial charge in [0, 0.05) is 18.8 Å². The van der Waals surface area contributed by atoms with Gasteiger partial charge in [-0.25, -0.2) is 5.43 Å². The second kappa shape index (κ2) is 12.4. The first-order valence-corrected chi connectivity index (χ1v) is 10.2. The van der Waals surface area contributed by atoms with Crippen LogP contribution in [-0.4, -0.2) is 38.4 Å². The summed E-state index contributed by atoms with van der Waals surface area (Å²) in [4.78, 5) is 14.3. The first-order valence-electron chi connectivity index (χ1n) is 10.2. The number of amides is 1. The van der Waals surface area contributed by atoms with Gasteiger partial charge in [0.1, 0.15) is 0 Å². The number of hydrogen-bond donors (Lipinski definition) is 1. The van der Waals surface area contributed by atoms with Crippen molar-refractivity contribution in [2.24, 2.45) is 5.10 Å². The van der Waals surface area contributed by atoms with Crippen molar-refractivity contribution in [3.05, 3.63) is 54.1 Å². The fourth-order valence-corrected chi connectivity index (χ4v) is 2.88. The van der Waals surface area contributed by atoms with Crippen molar-refractivity contribution >= 4 is 17.8 Å². The van der Waals surface area contributed by atoms with Gasteiger partial charge in [0.2, 0.25) is 0 Å². The minimum Gasteiger partial charge on any atom is -0.490 e. The Labute approximate surface area is 173 Å². The number of nitrogens with zero attached hydrogens (tertiary/aromatic N) is 2. The summed E-state index contributed by atoms with van der Waals surface area (Å²) >= 11 is 0. The van der Waals surface area contributed by atoms with Crippen LogP contribution in [0.15, 0.2) is 53.6 Å². The normalized spacial score (nSPS) is 10.7. The monoisotopic (exact) mass is 397 g/mol. The number of rotatable bonds is 12. The average Bonchev–Trinajstić information content (AvgIpc) is 2.74. The molecule has 2 rings (SSSR count). The standard InChI is InChI=1S/C23H31N3O3/c1-4-15-26(16-5-2)20-13-11-19(12-14-20)17-24-25-23(27)18-29-22-10-8-7-9-21(22)28-6-3/h7-14,17H,4-6,15-16,18H2,1-3H3,(H,25,27). The molecule has 0 aliphatic heterocycles. The second-order valence-corrected chi connectivity index (χ2v) is 6.54. The van der Waals surface area contributed by atoms with Crippen LogP contribution in [0.3, 0.4) is 0 Å². The summed E-state index contributed by atoms with van der Waals surface area (Å²) in [5.41, 5.74) is 4.61. The van der Waals surface area contributed by atoms with Crippen molar-refractivity contribution in [1.82, 2.24) is 5.43 Å². The molecule has 0 aliphatic carbocycles. The van der Waals surface area contributed by atoms with E-state index in [1.54, 1.807) is 18.3 Å². The summed E-state index contributed by atoms with van der Waals surface area (Å²) in [6, 6.07) is 15.4. The molecule has 6 nitrogen and oxygen atoms in total. The van der Waals surface area contributed by atoms with Gasteiger partial charge < -0.3 is 14.4 Å². The summed E-state index contributed by atoms with van der Waals surface area (Å²) in [6.45, 7) is 8.76. The van der Waals surface area contributed by atoms with Gasteiger partial charge in [0.05, 0.1) is 12.8 Å². The first-order chi connectivity index (χ1) is 14.2. The van der Waals surface area contributed by atoms with E-state index in [2.05, 4.69) is 41.4 Å². The highest BCUT2D eigenvalue weighted by atomic mass is 16.5. The van der Waals surface area contributed by atoms with Gasteiger partial charge in [-0.15, -0.1) is 0 Å². The third-order valence-electron chi connectivity index (χ3n) is 4.16. The van der Waals surface area contributed by atoms with Gasteiger partial charge >= 0.3 is 0 Å². The maximum atomic E-state index is 12.0. The highest BCUT2D eigenvalue weighted by Gasteiger charge is 2.07. The van der Waals surface area contributed by atoms with Gasteiger partial charge in [-0.05, 0) is 49.6 Å². The lowest BCUT2D eigenvalue weighted by molar-refractivity contribution is -0.123. The molecule has 0 aromatic heterocycles. The van der Waals surface area contributed by atoms with Crippen LogP contribution in [0.25, 0.3) is 0 Å². The SMILES string of the molecule is CCCN(CCC)c1ccc(C=NNC(=O)COc2ccccc2OCC)cc1. The number of nitrogens with one attached hydrogen (secondary N) is 1. The summed E-state index contributed by atoms with van der Waals surface area (Å²) < 4.78 is 11.0. The average molecular weight is 398 g/mol. The van der Waals surface area contributed by atoms with Crippen molar-refractivity contribution in [3.63, 3.8) is 0 Å². The van der Waals surface area contributed by atoms with Crippen molar-refractivity contribution < 1.29 is 14.3 Å². The van der Waals surface area contributed by atoms with Crippen molar-refractivity contribution in [2.45, 2.75) is 33.6 Å². The Morgan fingerprint density at radius 3 is 2.17 bits per heavy atom. The number of anilines is 1. The molecule has 0 radical (unpaired) electrons. The molecule has 0 saturated carbocycles. The molecule has 0 bridgehead atoms. The van der Waals surface area contributed by atoms with E-state index in [-0.39, 0.29) is 12.5 Å². The molecule has 2 aromatic rings. The molecule has 0 saturated heterocycles. The lowest BCUT2D eigenvalue weighted by atomic mass is 10.2.